The number of carbonyl (C=O) groups is 1. The number of nitrogen functional groups attached to an aromatic ring is 1. The summed E-state index contributed by atoms with van der Waals surface area (Å²) in [7, 11) is 1.41. The molecule has 0 bridgehead atoms. The van der Waals surface area contributed by atoms with E-state index < -0.39 is 0 Å². The molecule has 0 atom stereocenters. The molecular formula is C10H16N4O2. The second kappa shape index (κ2) is 4.42. The molecule has 0 aromatic carbocycles. The average Bonchev–Trinajstić information content (AvgIpc) is 2.75. The normalized spacial score (nSPS) is 17.4. The fraction of sp³-hybridized carbons (Fsp3) is 0.600. The molecule has 1 aromatic rings. The molecule has 0 spiro atoms. The number of amides is 1. The number of nitrogens with zero attached hydrogens (tertiary/aromatic N) is 3. The van der Waals surface area contributed by atoms with Crippen LogP contribution in [0.3, 0.4) is 0 Å². The van der Waals surface area contributed by atoms with Crippen molar-refractivity contribution in [2.24, 2.45) is 0 Å². The molecule has 1 amide bonds. The molecule has 2 rings (SSSR count). The largest absolute Gasteiger partial charge is 0.453 e. The number of nitrogens with two attached hydrogens (primary N) is 1. The molecule has 0 aliphatic carbocycles. The van der Waals surface area contributed by atoms with Crippen LogP contribution in [0, 0.1) is 0 Å². The van der Waals surface area contributed by atoms with E-state index in [1.165, 1.54) is 7.11 Å². The summed E-state index contributed by atoms with van der Waals surface area (Å²) < 4.78 is 6.56. The van der Waals surface area contributed by atoms with E-state index in [1.807, 2.05) is 10.9 Å². The van der Waals surface area contributed by atoms with Crippen LogP contribution >= 0.6 is 0 Å². The van der Waals surface area contributed by atoms with E-state index in [0.29, 0.717) is 24.9 Å². The Morgan fingerprint density at radius 1 is 1.56 bits per heavy atom. The van der Waals surface area contributed by atoms with Crippen LogP contribution in [0.25, 0.3) is 0 Å². The number of rotatable bonds is 1. The molecule has 1 saturated heterocycles. The quantitative estimate of drug-likeness (QED) is 0.768. The standard InChI is InChI=1S/C10H16N4O2/c1-16-10(15)13-5-2-8(3-6-13)14-7-4-9(11)12-14/h4,7-8H,2-3,5-6H2,1H3,(H2,11,12). The van der Waals surface area contributed by atoms with Crippen molar-refractivity contribution in [1.29, 1.82) is 0 Å². The van der Waals surface area contributed by atoms with Crippen molar-refractivity contribution >= 4 is 11.9 Å². The summed E-state index contributed by atoms with van der Waals surface area (Å²) in [6.45, 7) is 1.41. The van der Waals surface area contributed by atoms with Crippen LogP contribution in [0.1, 0.15) is 18.9 Å². The predicted molar refractivity (Wildman–Crippen MR) is 58.9 cm³/mol. The van der Waals surface area contributed by atoms with Crippen LogP contribution in [0.4, 0.5) is 10.6 Å². The molecule has 1 aliphatic heterocycles. The first kappa shape index (κ1) is 10.8. The molecule has 88 valence electrons. The average molecular weight is 224 g/mol. The highest BCUT2D eigenvalue weighted by molar-refractivity contribution is 5.67. The monoisotopic (exact) mass is 224 g/mol. The number of methoxy groups -OCH3 is 1. The number of anilines is 1. The highest BCUT2D eigenvalue weighted by atomic mass is 16.5. The number of hydrogen-bond acceptors (Lipinski definition) is 4. The van der Waals surface area contributed by atoms with Crippen molar-refractivity contribution in [3.05, 3.63) is 12.3 Å². The number of carbonyl (C=O) groups excluding carboxylic acids is 1. The Bertz CT molecular complexity index is 369. The minimum atomic E-state index is -0.251. The molecule has 16 heavy (non-hydrogen) atoms. The fourth-order valence-electron chi connectivity index (χ4n) is 2.00. The van der Waals surface area contributed by atoms with Gasteiger partial charge in [-0.05, 0) is 18.9 Å². The van der Waals surface area contributed by atoms with Gasteiger partial charge in [0.05, 0.1) is 13.2 Å². The smallest absolute Gasteiger partial charge is 0.409 e. The maximum atomic E-state index is 11.3. The number of aromatic nitrogens is 2. The van der Waals surface area contributed by atoms with Crippen molar-refractivity contribution < 1.29 is 9.53 Å². The Kier molecular flexibility index (Phi) is 2.98. The molecule has 2 N–H and O–H groups in total. The predicted octanol–water partition coefficient (Wildman–Crippen LogP) is 0.869. The van der Waals surface area contributed by atoms with Gasteiger partial charge in [0.1, 0.15) is 5.82 Å². The molecule has 0 unspecified atom stereocenters. The third kappa shape index (κ3) is 2.10. The Morgan fingerprint density at radius 3 is 2.75 bits per heavy atom. The van der Waals surface area contributed by atoms with Gasteiger partial charge in [-0.25, -0.2) is 4.79 Å². The first-order chi connectivity index (χ1) is 7.70. The highest BCUT2D eigenvalue weighted by Crippen LogP contribution is 2.22. The van der Waals surface area contributed by atoms with E-state index in [-0.39, 0.29) is 6.09 Å². The number of piperidine rings is 1. The summed E-state index contributed by atoms with van der Waals surface area (Å²) in [5.74, 6) is 0.537. The van der Waals surface area contributed by atoms with E-state index in [1.54, 1.807) is 11.0 Å². The van der Waals surface area contributed by atoms with Crippen molar-refractivity contribution in [2.45, 2.75) is 18.9 Å². The van der Waals surface area contributed by atoms with Gasteiger partial charge in [-0.15, -0.1) is 0 Å². The summed E-state index contributed by atoms with van der Waals surface area (Å²) in [5, 5.41) is 4.18. The summed E-state index contributed by atoms with van der Waals surface area (Å²) >= 11 is 0. The van der Waals surface area contributed by atoms with Gasteiger partial charge >= 0.3 is 6.09 Å². The lowest BCUT2D eigenvalue weighted by atomic mass is 10.1. The molecular weight excluding hydrogens is 208 g/mol. The molecule has 2 heterocycles. The molecule has 6 heteroatoms. The third-order valence-electron chi connectivity index (χ3n) is 2.90. The minimum absolute atomic E-state index is 0.251. The Balaban J connectivity index is 1.92. The van der Waals surface area contributed by atoms with Crippen LogP contribution in [-0.4, -0.2) is 41.0 Å². The summed E-state index contributed by atoms with van der Waals surface area (Å²) in [5.41, 5.74) is 5.57. The topological polar surface area (TPSA) is 73.4 Å². The lowest BCUT2D eigenvalue weighted by Gasteiger charge is -2.30. The maximum absolute atomic E-state index is 11.3. The van der Waals surface area contributed by atoms with Crippen molar-refractivity contribution in [2.75, 3.05) is 25.9 Å². The van der Waals surface area contributed by atoms with Crippen LogP contribution in [0.5, 0.6) is 0 Å². The highest BCUT2D eigenvalue weighted by Gasteiger charge is 2.24. The summed E-state index contributed by atoms with van der Waals surface area (Å²) in [4.78, 5) is 13.0. The first-order valence-electron chi connectivity index (χ1n) is 5.34. The zero-order valence-electron chi connectivity index (χ0n) is 9.30. The van der Waals surface area contributed by atoms with Gasteiger partial charge in [0.25, 0.3) is 0 Å². The Labute approximate surface area is 94.0 Å². The maximum Gasteiger partial charge on any atom is 0.409 e. The molecule has 1 fully saturated rings. The second-order valence-corrected chi connectivity index (χ2v) is 3.91. The Morgan fingerprint density at radius 2 is 2.25 bits per heavy atom. The van der Waals surface area contributed by atoms with Gasteiger partial charge in [0.2, 0.25) is 0 Å². The number of ether oxygens (including phenoxy) is 1. The van der Waals surface area contributed by atoms with Gasteiger partial charge in [-0.2, -0.15) is 5.10 Å². The molecule has 1 aromatic heterocycles. The summed E-state index contributed by atoms with van der Waals surface area (Å²) in [6.07, 6.45) is 3.40. The van der Waals surface area contributed by atoms with Gasteiger partial charge in [0, 0.05) is 19.3 Å². The van der Waals surface area contributed by atoms with Crippen molar-refractivity contribution in [3.63, 3.8) is 0 Å². The Hall–Kier alpha value is -1.72. The molecule has 6 nitrogen and oxygen atoms in total. The van der Waals surface area contributed by atoms with Gasteiger partial charge < -0.3 is 15.4 Å². The van der Waals surface area contributed by atoms with Crippen LogP contribution in [-0.2, 0) is 4.74 Å². The lowest BCUT2D eigenvalue weighted by Crippen LogP contribution is -2.39. The van der Waals surface area contributed by atoms with E-state index in [4.69, 9.17) is 5.73 Å². The van der Waals surface area contributed by atoms with E-state index in [0.717, 1.165) is 12.8 Å². The second-order valence-electron chi connectivity index (χ2n) is 3.91. The number of likely N-dealkylation sites (tertiary alicyclic amines) is 1. The van der Waals surface area contributed by atoms with Crippen LogP contribution in [0.15, 0.2) is 12.3 Å². The number of hydrogen-bond donors (Lipinski definition) is 1. The van der Waals surface area contributed by atoms with Crippen molar-refractivity contribution in [1.82, 2.24) is 14.7 Å². The molecule has 0 saturated carbocycles. The zero-order chi connectivity index (χ0) is 11.5. The van der Waals surface area contributed by atoms with E-state index >= 15 is 0 Å². The first-order valence-corrected chi connectivity index (χ1v) is 5.34. The van der Waals surface area contributed by atoms with Crippen LogP contribution in [0.2, 0.25) is 0 Å². The summed E-state index contributed by atoms with van der Waals surface area (Å²) in [6, 6.07) is 2.12. The van der Waals surface area contributed by atoms with Gasteiger partial charge in [0.15, 0.2) is 0 Å². The minimum Gasteiger partial charge on any atom is -0.453 e. The van der Waals surface area contributed by atoms with E-state index in [9.17, 15) is 4.79 Å². The zero-order valence-corrected chi connectivity index (χ0v) is 9.30. The van der Waals surface area contributed by atoms with E-state index in [2.05, 4.69) is 9.84 Å². The van der Waals surface area contributed by atoms with Gasteiger partial charge in [-0.3, -0.25) is 4.68 Å². The van der Waals surface area contributed by atoms with Crippen molar-refractivity contribution in [3.8, 4) is 0 Å². The molecule has 1 aliphatic rings. The van der Waals surface area contributed by atoms with Crippen LogP contribution < -0.4 is 5.73 Å². The fourth-order valence-corrected chi connectivity index (χ4v) is 2.00. The molecule has 0 radical (unpaired) electrons. The SMILES string of the molecule is COC(=O)N1CCC(n2ccc(N)n2)CC1. The third-order valence-corrected chi connectivity index (χ3v) is 2.90. The lowest BCUT2D eigenvalue weighted by molar-refractivity contribution is 0.105. The van der Waals surface area contributed by atoms with Gasteiger partial charge in [-0.1, -0.05) is 0 Å².